The van der Waals surface area contributed by atoms with Crippen LogP contribution in [-0.4, -0.2) is 76.4 Å². The van der Waals surface area contributed by atoms with E-state index >= 15 is 0 Å². The van der Waals surface area contributed by atoms with Crippen LogP contribution in [0, 0.1) is 0 Å². The minimum absolute atomic E-state index is 0.116. The molecule has 5 rings (SSSR count). The topological polar surface area (TPSA) is 76.2 Å². The van der Waals surface area contributed by atoms with Gasteiger partial charge in [-0.15, -0.1) is 0 Å². The van der Waals surface area contributed by atoms with Crippen LogP contribution in [0.3, 0.4) is 0 Å². The first-order valence-corrected chi connectivity index (χ1v) is 12.8. The van der Waals surface area contributed by atoms with Gasteiger partial charge in [-0.3, -0.25) is 9.69 Å². The van der Waals surface area contributed by atoms with Crippen LogP contribution in [0.25, 0.3) is 21.0 Å². The third-order valence-electron chi connectivity index (χ3n) is 6.56. The third-order valence-corrected chi connectivity index (χ3v) is 7.64. The number of nitrogens with one attached hydrogen (secondary N) is 1. The molecule has 0 radical (unpaired) electrons. The van der Waals surface area contributed by atoms with Gasteiger partial charge in [-0.25, -0.2) is 4.98 Å². The Hall–Kier alpha value is -3.56. The van der Waals surface area contributed by atoms with Crippen molar-refractivity contribution in [2.24, 2.45) is 0 Å². The SMILES string of the molecule is COc1cc2ccccc2cc1C(=O)NCCN1CCN(c2nc3c(OC)c(OC)ccc3s2)CC1. The number of carbonyl (C=O) groups excluding carboxylic acids is 1. The Kier molecular flexibility index (Phi) is 7.11. The van der Waals surface area contributed by atoms with Gasteiger partial charge in [0.05, 0.1) is 31.6 Å². The maximum absolute atomic E-state index is 12.9. The van der Waals surface area contributed by atoms with Crippen LogP contribution < -0.4 is 24.4 Å². The second-order valence-electron chi connectivity index (χ2n) is 8.63. The van der Waals surface area contributed by atoms with E-state index in [2.05, 4.69) is 15.1 Å². The molecule has 1 aliphatic rings. The molecule has 8 nitrogen and oxygen atoms in total. The summed E-state index contributed by atoms with van der Waals surface area (Å²) in [4.78, 5) is 22.4. The number of amides is 1. The Morgan fingerprint density at radius 1 is 0.944 bits per heavy atom. The third kappa shape index (κ3) is 4.76. The number of fused-ring (bicyclic) bond motifs is 2. The van der Waals surface area contributed by atoms with Gasteiger partial charge in [0.15, 0.2) is 16.6 Å². The maximum atomic E-state index is 12.9. The minimum Gasteiger partial charge on any atom is -0.496 e. The summed E-state index contributed by atoms with van der Waals surface area (Å²) in [6.45, 7) is 4.95. The average molecular weight is 507 g/mol. The molecule has 1 aliphatic heterocycles. The lowest BCUT2D eigenvalue weighted by Crippen LogP contribution is -2.48. The lowest BCUT2D eigenvalue weighted by Gasteiger charge is -2.34. The number of ether oxygens (including phenoxy) is 3. The van der Waals surface area contributed by atoms with E-state index in [-0.39, 0.29) is 5.91 Å². The molecule has 1 amide bonds. The van der Waals surface area contributed by atoms with Crippen molar-refractivity contribution in [2.75, 3.05) is 65.5 Å². The number of hydrogen-bond donors (Lipinski definition) is 1. The van der Waals surface area contributed by atoms with Crippen molar-refractivity contribution in [3.63, 3.8) is 0 Å². The van der Waals surface area contributed by atoms with Gasteiger partial charge in [-0.2, -0.15) is 0 Å². The zero-order valence-electron chi connectivity index (χ0n) is 20.7. The predicted molar refractivity (Wildman–Crippen MR) is 144 cm³/mol. The van der Waals surface area contributed by atoms with E-state index in [9.17, 15) is 4.79 Å². The summed E-state index contributed by atoms with van der Waals surface area (Å²) in [5, 5.41) is 6.12. The van der Waals surface area contributed by atoms with Crippen LogP contribution in [0.15, 0.2) is 48.5 Å². The number of anilines is 1. The summed E-state index contributed by atoms with van der Waals surface area (Å²) in [5.41, 5.74) is 1.40. The molecule has 2 heterocycles. The molecule has 0 saturated carbocycles. The molecular formula is C27H30N4O4S. The molecule has 0 aliphatic carbocycles. The molecule has 0 spiro atoms. The molecule has 3 aromatic carbocycles. The normalized spacial score (nSPS) is 14.2. The van der Waals surface area contributed by atoms with Crippen molar-refractivity contribution in [1.82, 2.24) is 15.2 Å². The fourth-order valence-electron chi connectivity index (χ4n) is 4.58. The van der Waals surface area contributed by atoms with Gasteiger partial charge in [-0.05, 0) is 35.0 Å². The van der Waals surface area contributed by atoms with Crippen molar-refractivity contribution in [1.29, 1.82) is 0 Å². The van der Waals surface area contributed by atoms with Crippen molar-refractivity contribution < 1.29 is 19.0 Å². The second kappa shape index (κ2) is 10.6. The summed E-state index contributed by atoms with van der Waals surface area (Å²) < 4.78 is 17.5. The van der Waals surface area contributed by atoms with E-state index < -0.39 is 0 Å². The van der Waals surface area contributed by atoms with Crippen LogP contribution in [0.2, 0.25) is 0 Å². The zero-order valence-corrected chi connectivity index (χ0v) is 21.6. The fraction of sp³-hybridized carbons (Fsp3) is 0.333. The van der Waals surface area contributed by atoms with Gasteiger partial charge in [0, 0.05) is 39.3 Å². The number of nitrogens with zero attached hydrogens (tertiary/aromatic N) is 3. The average Bonchev–Trinajstić information content (AvgIpc) is 3.36. The fourth-order valence-corrected chi connectivity index (χ4v) is 5.60. The Labute approximate surface area is 214 Å². The lowest BCUT2D eigenvalue weighted by molar-refractivity contribution is 0.0945. The van der Waals surface area contributed by atoms with Gasteiger partial charge in [0.1, 0.15) is 11.3 Å². The first-order valence-electron chi connectivity index (χ1n) is 11.9. The molecule has 9 heteroatoms. The van der Waals surface area contributed by atoms with Gasteiger partial charge in [0.2, 0.25) is 0 Å². The van der Waals surface area contributed by atoms with Crippen LogP contribution in [0.5, 0.6) is 17.2 Å². The van der Waals surface area contributed by atoms with Crippen molar-refractivity contribution in [3.05, 3.63) is 54.1 Å². The summed E-state index contributed by atoms with van der Waals surface area (Å²) in [7, 11) is 4.87. The summed E-state index contributed by atoms with van der Waals surface area (Å²) in [6, 6.07) is 15.7. The highest BCUT2D eigenvalue weighted by Crippen LogP contribution is 2.40. The highest BCUT2D eigenvalue weighted by molar-refractivity contribution is 7.22. The number of methoxy groups -OCH3 is 3. The Bertz CT molecular complexity index is 1380. The van der Waals surface area contributed by atoms with E-state index in [1.807, 2.05) is 48.5 Å². The zero-order chi connectivity index (χ0) is 25.1. The molecule has 1 aromatic heterocycles. The van der Waals surface area contributed by atoms with E-state index in [1.54, 1.807) is 32.7 Å². The van der Waals surface area contributed by atoms with E-state index in [0.29, 0.717) is 29.4 Å². The number of thiazole rings is 1. The number of carbonyl (C=O) groups is 1. The Morgan fingerprint density at radius 2 is 1.67 bits per heavy atom. The first kappa shape index (κ1) is 24.1. The maximum Gasteiger partial charge on any atom is 0.255 e. The molecule has 1 saturated heterocycles. The largest absolute Gasteiger partial charge is 0.496 e. The second-order valence-corrected chi connectivity index (χ2v) is 9.64. The molecule has 0 unspecified atom stereocenters. The van der Waals surface area contributed by atoms with Crippen LogP contribution in [0.1, 0.15) is 10.4 Å². The molecule has 1 N–H and O–H groups in total. The molecular weight excluding hydrogens is 476 g/mol. The standard InChI is InChI=1S/C27H30N4O4S/c1-33-21-8-9-23-24(25(21)35-3)29-27(36-23)31-14-12-30(13-15-31)11-10-28-26(32)20-16-18-6-4-5-7-19(18)17-22(20)34-2/h4-9,16-17H,10-15H2,1-3H3,(H,28,32). The summed E-state index contributed by atoms with van der Waals surface area (Å²) in [5.74, 6) is 1.84. The predicted octanol–water partition coefficient (Wildman–Crippen LogP) is 4.03. The number of aromatic nitrogens is 1. The highest BCUT2D eigenvalue weighted by atomic mass is 32.1. The molecule has 0 bridgehead atoms. The van der Waals surface area contributed by atoms with Crippen LogP contribution >= 0.6 is 11.3 Å². The molecule has 1 fully saturated rings. The Morgan fingerprint density at radius 3 is 2.36 bits per heavy atom. The highest BCUT2D eigenvalue weighted by Gasteiger charge is 2.22. The summed E-state index contributed by atoms with van der Waals surface area (Å²) >= 11 is 1.67. The molecule has 0 atom stereocenters. The van der Waals surface area contributed by atoms with Crippen LogP contribution in [0.4, 0.5) is 5.13 Å². The summed E-state index contributed by atoms with van der Waals surface area (Å²) in [6.07, 6.45) is 0. The van der Waals surface area contributed by atoms with Gasteiger partial charge in [0.25, 0.3) is 5.91 Å². The van der Waals surface area contributed by atoms with Crippen LogP contribution in [-0.2, 0) is 0 Å². The van der Waals surface area contributed by atoms with Gasteiger partial charge < -0.3 is 24.4 Å². The number of benzene rings is 3. The van der Waals surface area contributed by atoms with Crippen molar-refractivity contribution >= 4 is 43.4 Å². The van der Waals surface area contributed by atoms with E-state index in [1.165, 1.54) is 0 Å². The monoisotopic (exact) mass is 506 g/mol. The quantitative estimate of drug-likeness (QED) is 0.387. The number of hydrogen-bond acceptors (Lipinski definition) is 8. The van der Waals surface area contributed by atoms with E-state index in [4.69, 9.17) is 19.2 Å². The number of piperazine rings is 1. The molecule has 188 valence electrons. The van der Waals surface area contributed by atoms with Gasteiger partial charge in [-0.1, -0.05) is 35.6 Å². The molecule has 4 aromatic rings. The number of rotatable bonds is 8. The van der Waals surface area contributed by atoms with Gasteiger partial charge >= 0.3 is 0 Å². The smallest absolute Gasteiger partial charge is 0.255 e. The van der Waals surface area contributed by atoms with E-state index in [0.717, 1.165) is 58.8 Å². The minimum atomic E-state index is -0.116. The first-order chi connectivity index (χ1) is 17.6. The molecule has 36 heavy (non-hydrogen) atoms. The Balaban J connectivity index is 1.16. The van der Waals surface area contributed by atoms with Crippen molar-refractivity contribution in [3.8, 4) is 17.2 Å². The lowest BCUT2D eigenvalue weighted by atomic mass is 10.1. The van der Waals surface area contributed by atoms with Crippen molar-refractivity contribution in [2.45, 2.75) is 0 Å².